The number of rotatable bonds is 5. The van der Waals surface area contributed by atoms with Crippen molar-refractivity contribution in [3.05, 3.63) is 52.5 Å². The Hall–Kier alpha value is -3.69. The van der Waals surface area contributed by atoms with Crippen LogP contribution in [0.1, 0.15) is 36.8 Å². The molecule has 1 heterocycles. The Bertz CT molecular complexity index is 1290. The topological polar surface area (TPSA) is 124 Å². The number of methoxy groups -OCH3 is 2. The molecular formula is C27H30ClF3N4O5. The van der Waals surface area contributed by atoms with Crippen LogP contribution in [-0.2, 0) is 10.2 Å². The van der Waals surface area contributed by atoms with Gasteiger partial charge in [-0.1, -0.05) is 17.7 Å². The van der Waals surface area contributed by atoms with Crippen LogP contribution < -0.4 is 20.1 Å². The fourth-order valence-electron chi connectivity index (χ4n) is 5.43. The first-order valence-corrected chi connectivity index (χ1v) is 12.7. The molecule has 1 saturated heterocycles. The molecule has 40 heavy (non-hydrogen) atoms. The number of nitrogens with one attached hydrogen (secondary N) is 2. The first-order valence-electron chi connectivity index (χ1n) is 12.3. The molecule has 1 saturated carbocycles. The lowest BCUT2D eigenvalue weighted by Gasteiger charge is -2.45. The number of carboxylic acids is 1. The Labute approximate surface area is 234 Å². The fourth-order valence-corrected chi connectivity index (χ4v) is 5.65. The molecule has 13 heteroatoms. The summed E-state index contributed by atoms with van der Waals surface area (Å²) in [6.07, 6.45) is -1.27. The average molecular weight is 583 g/mol. The first kappa shape index (κ1) is 30.8. The highest BCUT2D eigenvalue weighted by Gasteiger charge is 2.50. The second kappa shape index (κ2) is 12.7. The summed E-state index contributed by atoms with van der Waals surface area (Å²) in [5, 5.41) is 22.4. The van der Waals surface area contributed by atoms with Crippen molar-refractivity contribution in [2.75, 3.05) is 33.1 Å². The predicted octanol–water partition coefficient (Wildman–Crippen LogP) is 5.18. The van der Waals surface area contributed by atoms with Gasteiger partial charge in [0.2, 0.25) is 0 Å². The molecule has 1 aliphatic heterocycles. The lowest BCUT2D eigenvalue weighted by molar-refractivity contribution is -0.192. The van der Waals surface area contributed by atoms with Gasteiger partial charge in [-0.2, -0.15) is 18.4 Å². The third-order valence-electron chi connectivity index (χ3n) is 7.41. The van der Waals surface area contributed by atoms with E-state index in [0.29, 0.717) is 22.3 Å². The van der Waals surface area contributed by atoms with Crippen molar-refractivity contribution in [3.63, 3.8) is 0 Å². The summed E-state index contributed by atoms with van der Waals surface area (Å²) in [7, 11) is 5.47. The molecule has 9 nitrogen and oxygen atoms in total. The summed E-state index contributed by atoms with van der Waals surface area (Å²) >= 11 is 6.08. The average Bonchev–Trinajstić information content (AvgIpc) is 3.25. The van der Waals surface area contributed by atoms with Crippen LogP contribution in [0.25, 0.3) is 0 Å². The van der Waals surface area contributed by atoms with E-state index in [1.807, 2.05) is 12.1 Å². The SMILES string of the molecule is COc1ccc([C@@]23CC[C@@H](NC(=O)Nc4ccc(C#N)c(Cl)c4)C[C@@H]2N(C)CC3)cc1OC.O=C(O)C(F)(F)F. The normalized spacial score (nSPS) is 22.1. The van der Waals surface area contributed by atoms with E-state index in [0.717, 1.165) is 43.7 Å². The molecule has 0 aromatic heterocycles. The Morgan fingerprint density at radius 2 is 1.82 bits per heavy atom. The number of anilines is 1. The number of alkyl halides is 3. The Morgan fingerprint density at radius 1 is 1.15 bits per heavy atom. The second-order valence-electron chi connectivity index (χ2n) is 9.65. The van der Waals surface area contributed by atoms with Gasteiger partial charge in [0, 0.05) is 23.2 Å². The summed E-state index contributed by atoms with van der Waals surface area (Å²) in [5.41, 5.74) is 2.24. The molecule has 2 fully saturated rings. The van der Waals surface area contributed by atoms with Crippen molar-refractivity contribution >= 4 is 29.3 Å². The standard InChI is InChI=1S/C25H29ClN4O3.C2HF3O2/c1-30-11-10-25(17-5-7-21(32-2)22(12-17)33-3)9-8-19(14-23(25)30)29-24(31)28-18-6-4-16(15-27)20(26)13-18;3-2(4,5)1(6)7/h4-7,12-13,19,23H,8-11,14H2,1-3H3,(H2,28,29,31);(H,6,7)/t19-,23+,25+;/m1./s1. The molecule has 0 radical (unpaired) electrons. The van der Waals surface area contributed by atoms with Crippen molar-refractivity contribution in [1.29, 1.82) is 5.26 Å². The number of hydrogen-bond donors (Lipinski definition) is 3. The lowest BCUT2D eigenvalue weighted by atomic mass is 9.65. The number of hydrogen-bond acceptors (Lipinski definition) is 6. The molecule has 2 aromatic rings. The van der Waals surface area contributed by atoms with Gasteiger partial charge in [-0.3, -0.25) is 0 Å². The minimum absolute atomic E-state index is 0.0314. The molecule has 2 aliphatic rings. The first-order chi connectivity index (χ1) is 18.8. The van der Waals surface area contributed by atoms with E-state index in [1.165, 1.54) is 5.56 Å². The van der Waals surface area contributed by atoms with Gasteiger partial charge in [0.15, 0.2) is 11.5 Å². The molecule has 0 spiro atoms. The van der Waals surface area contributed by atoms with Gasteiger partial charge in [-0.25, -0.2) is 9.59 Å². The van der Waals surface area contributed by atoms with Crippen molar-refractivity contribution in [2.24, 2.45) is 0 Å². The highest BCUT2D eigenvalue weighted by atomic mass is 35.5. The number of carbonyl (C=O) groups excluding carboxylic acids is 1. The van der Waals surface area contributed by atoms with E-state index in [9.17, 15) is 18.0 Å². The Balaban J connectivity index is 0.000000559. The van der Waals surface area contributed by atoms with Crippen molar-refractivity contribution in [1.82, 2.24) is 10.2 Å². The highest BCUT2D eigenvalue weighted by Crippen LogP contribution is 2.49. The van der Waals surface area contributed by atoms with E-state index in [-0.39, 0.29) is 17.5 Å². The zero-order chi connectivity index (χ0) is 29.7. The van der Waals surface area contributed by atoms with E-state index < -0.39 is 12.1 Å². The smallest absolute Gasteiger partial charge is 0.490 e. The minimum atomic E-state index is -5.08. The summed E-state index contributed by atoms with van der Waals surface area (Å²) < 4.78 is 42.7. The van der Waals surface area contributed by atoms with Gasteiger partial charge >= 0.3 is 18.2 Å². The summed E-state index contributed by atoms with van der Waals surface area (Å²) in [5.74, 6) is -1.28. The molecule has 216 valence electrons. The quantitative estimate of drug-likeness (QED) is 0.444. The maximum atomic E-state index is 12.6. The molecule has 2 aromatic carbocycles. The summed E-state index contributed by atoms with van der Waals surface area (Å²) in [6, 6.07) is 13.3. The number of aliphatic carboxylic acids is 1. The lowest BCUT2D eigenvalue weighted by Crippen LogP contribution is -2.52. The maximum absolute atomic E-state index is 12.6. The van der Waals surface area contributed by atoms with Gasteiger partial charge in [0.1, 0.15) is 6.07 Å². The molecular weight excluding hydrogens is 553 g/mol. The van der Waals surface area contributed by atoms with Crippen LogP contribution in [0.3, 0.4) is 0 Å². The molecule has 4 rings (SSSR count). The number of benzene rings is 2. The van der Waals surface area contributed by atoms with Crippen LogP contribution in [0, 0.1) is 11.3 Å². The van der Waals surface area contributed by atoms with E-state index in [2.05, 4.69) is 34.7 Å². The Kier molecular flexibility index (Phi) is 9.76. The molecule has 3 N–H and O–H groups in total. The predicted molar refractivity (Wildman–Crippen MR) is 142 cm³/mol. The number of halogens is 4. The molecule has 0 unspecified atom stereocenters. The van der Waals surface area contributed by atoms with Gasteiger partial charge in [-0.15, -0.1) is 0 Å². The van der Waals surface area contributed by atoms with Crippen LogP contribution >= 0.6 is 11.6 Å². The van der Waals surface area contributed by atoms with E-state index in [1.54, 1.807) is 32.4 Å². The zero-order valence-corrected chi connectivity index (χ0v) is 22.9. The van der Waals surface area contributed by atoms with Crippen LogP contribution in [0.4, 0.5) is 23.7 Å². The summed E-state index contributed by atoms with van der Waals surface area (Å²) in [6.45, 7) is 1.02. The number of amides is 2. The maximum Gasteiger partial charge on any atom is 0.490 e. The number of nitrogens with zero attached hydrogens (tertiary/aromatic N) is 2. The summed E-state index contributed by atoms with van der Waals surface area (Å²) in [4.78, 5) is 24.0. The third kappa shape index (κ3) is 6.89. The van der Waals surface area contributed by atoms with Crippen molar-refractivity contribution in [2.45, 2.75) is 49.4 Å². The largest absolute Gasteiger partial charge is 0.493 e. The van der Waals surface area contributed by atoms with Crippen LogP contribution in [0.5, 0.6) is 11.5 Å². The number of ether oxygens (including phenoxy) is 2. The molecule has 1 aliphatic carbocycles. The number of likely N-dealkylation sites (tertiary alicyclic amines) is 1. The number of urea groups is 1. The third-order valence-corrected chi connectivity index (χ3v) is 7.72. The van der Waals surface area contributed by atoms with Gasteiger partial charge in [0.05, 0.1) is 24.8 Å². The number of likely N-dealkylation sites (N-methyl/N-ethyl adjacent to an activating group) is 1. The zero-order valence-electron chi connectivity index (χ0n) is 22.1. The number of carbonyl (C=O) groups is 2. The van der Waals surface area contributed by atoms with Crippen molar-refractivity contribution in [3.8, 4) is 17.6 Å². The molecule has 0 bridgehead atoms. The van der Waals surface area contributed by atoms with Gasteiger partial charge in [0.25, 0.3) is 0 Å². The minimum Gasteiger partial charge on any atom is -0.493 e. The second-order valence-corrected chi connectivity index (χ2v) is 10.1. The molecule has 3 atom stereocenters. The number of nitriles is 1. The van der Waals surface area contributed by atoms with Crippen molar-refractivity contribution < 1.29 is 37.3 Å². The molecule has 2 amide bonds. The van der Waals surface area contributed by atoms with Crippen LogP contribution in [0.15, 0.2) is 36.4 Å². The van der Waals surface area contributed by atoms with E-state index in [4.69, 9.17) is 36.2 Å². The van der Waals surface area contributed by atoms with E-state index >= 15 is 0 Å². The van der Waals surface area contributed by atoms with Crippen LogP contribution in [0.2, 0.25) is 5.02 Å². The van der Waals surface area contributed by atoms with Gasteiger partial charge in [-0.05, 0) is 75.2 Å². The highest BCUT2D eigenvalue weighted by molar-refractivity contribution is 6.32. The Morgan fingerprint density at radius 3 is 2.40 bits per heavy atom. The fraction of sp³-hybridized carbons (Fsp3) is 0.444. The van der Waals surface area contributed by atoms with Gasteiger partial charge < -0.3 is 30.1 Å². The number of carboxylic acid groups (broad SMARTS) is 1. The monoisotopic (exact) mass is 582 g/mol. The number of fused-ring (bicyclic) bond motifs is 1. The van der Waals surface area contributed by atoms with Crippen LogP contribution in [-0.4, -0.2) is 68.1 Å².